The third kappa shape index (κ3) is 4.49. The maximum absolute atomic E-state index is 10.0. The zero-order valence-electron chi connectivity index (χ0n) is 6.26. The van der Waals surface area contributed by atoms with Crippen molar-refractivity contribution in [1.29, 1.82) is 0 Å². The van der Waals surface area contributed by atoms with Gasteiger partial charge in [0.1, 0.15) is 0 Å². The molecule has 0 aliphatic heterocycles. The van der Waals surface area contributed by atoms with Crippen molar-refractivity contribution >= 4 is 18.0 Å². The lowest BCUT2D eigenvalue weighted by Gasteiger charge is -2.09. The average Bonchev–Trinajstić information content (AvgIpc) is 1.90. The Balaban J connectivity index is 3.34. The highest BCUT2D eigenvalue weighted by atomic mass is 32.2. The van der Waals surface area contributed by atoms with E-state index in [0.717, 1.165) is 12.8 Å². The first-order valence-corrected chi connectivity index (χ1v) is 4.23. The van der Waals surface area contributed by atoms with Crippen LogP contribution < -0.4 is 4.72 Å². The van der Waals surface area contributed by atoms with Crippen molar-refractivity contribution in [2.75, 3.05) is 0 Å². The molecule has 0 heterocycles. The molecular weight excluding hydrogens is 150 g/mol. The first kappa shape index (κ1) is 9.62. The molecule has 0 aromatic heterocycles. The fourth-order valence-electron chi connectivity index (χ4n) is 0.589. The molecule has 0 fully saturated rings. The molecule has 0 saturated heterocycles. The number of hydrogen-bond acceptors (Lipinski definition) is 2. The number of nitrogens with one attached hydrogen (secondary N) is 1. The molecule has 0 bridgehead atoms. The molecule has 0 aromatic rings. The van der Waals surface area contributed by atoms with E-state index in [1.165, 1.54) is 11.9 Å². The van der Waals surface area contributed by atoms with Gasteiger partial charge in [0.05, 0.1) is 0 Å². The van der Waals surface area contributed by atoms with Gasteiger partial charge < -0.3 is 5.11 Å². The van der Waals surface area contributed by atoms with Gasteiger partial charge in [-0.2, -0.15) is 0 Å². The lowest BCUT2D eigenvalue weighted by molar-refractivity contribution is 0.202. The van der Waals surface area contributed by atoms with Gasteiger partial charge in [-0.15, -0.1) is 0 Å². The molecule has 0 radical (unpaired) electrons. The van der Waals surface area contributed by atoms with Crippen LogP contribution in [0.25, 0.3) is 0 Å². The molecule has 4 heteroatoms. The van der Waals surface area contributed by atoms with Crippen molar-refractivity contribution in [3.8, 4) is 0 Å². The standard InChI is InChI=1S/C6H13NO2S/c1-3-5(4-2)10-7-6(8)9/h5,7H,3-4H2,1-2H3,(H,8,9). The van der Waals surface area contributed by atoms with Gasteiger partial charge in [0.2, 0.25) is 0 Å². The van der Waals surface area contributed by atoms with Gasteiger partial charge in [0.15, 0.2) is 0 Å². The summed E-state index contributed by atoms with van der Waals surface area (Å²) in [5.74, 6) is 0. The van der Waals surface area contributed by atoms with Crippen LogP contribution in [0.15, 0.2) is 0 Å². The minimum absolute atomic E-state index is 0.413. The summed E-state index contributed by atoms with van der Waals surface area (Å²) >= 11 is 1.28. The average molecular weight is 163 g/mol. The second-order valence-electron chi connectivity index (χ2n) is 1.96. The SMILES string of the molecule is CCC(CC)SNC(=O)O. The molecule has 0 aromatic carbocycles. The van der Waals surface area contributed by atoms with Crippen molar-refractivity contribution in [2.45, 2.75) is 31.9 Å². The van der Waals surface area contributed by atoms with Gasteiger partial charge in [-0.3, -0.25) is 4.72 Å². The molecule has 0 unspecified atom stereocenters. The monoisotopic (exact) mass is 163 g/mol. The van der Waals surface area contributed by atoms with Crippen molar-refractivity contribution in [1.82, 2.24) is 4.72 Å². The van der Waals surface area contributed by atoms with Crippen LogP contribution in [-0.4, -0.2) is 16.4 Å². The van der Waals surface area contributed by atoms with Gasteiger partial charge in [0.25, 0.3) is 0 Å². The number of carbonyl (C=O) groups is 1. The summed E-state index contributed by atoms with van der Waals surface area (Å²) < 4.78 is 2.28. The summed E-state index contributed by atoms with van der Waals surface area (Å²) in [6.07, 6.45) is 1.04. The molecule has 60 valence electrons. The fraction of sp³-hybridized carbons (Fsp3) is 0.833. The Hall–Kier alpha value is -0.380. The van der Waals surface area contributed by atoms with E-state index >= 15 is 0 Å². The van der Waals surface area contributed by atoms with Crippen LogP contribution >= 0.6 is 11.9 Å². The highest BCUT2D eigenvalue weighted by Gasteiger charge is 2.04. The summed E-state index contributed by atoms with van der Waals surface area (Å²) in [6, 6.07) is 0. The zero-order valence-corrected chi connectivity index (χ0v) is 7.07. The van der Waals surface area contributed by atoms with Crippen molar-refractivity contribution in [3.05, 3.63) is 0 Å². The van der Waals surface area contributed by atoms with Gasteiger partial charge in [0, 0.05) is 5.25 Å². The van der Waals surface area contributed by atoms with Crippen LogP contribution in [0.5, 0.6) is 0 Å². The van der Waals surface area contributed by atoms with E-state index < -0.39 is 6.09 Å². The second kappa shape index (κ2) is 5.41. The number of amides is 1. The summed E-state index contributed by atoms with van der Waals surface area (Å²) in [6.45, 7) is 4.09. The van der Waals surface area contributed by atoms with Crippen LogP contribution in [-0.2, 0) is 0 Å². The van der Waals surface area contributed by atoms with Crippen LogP contribution in [0, 0.1) is 0 Å². The van der Waals surface area contributed by atoms with E-state index in [4.69, 9.17) is 5.11 Å². The minimum atomic E-state index is -0.961. The Kier molecular flexibility index (Phi) is 5.20. The normalized spacial score (nSPS) is 9.90. The van der Waals surface area contributed by atoms with E-state index in [1.54, 1.807) is 0 Å². The Morgan fingerprint density at radius 2 is 2.10 bits per heavy atom. The van der Waals surface area contributed by atoms with E-state index in [9.17, 15) is 4.79 Å². The molecule has 10 heavy (non-hydrogen) atoms. The topological polar surface area (TPSA) is 49.3 Å². The lowest BCUT2D eigenvalue weighted by atomic mass is 10.3. The first-order valence-electron chi connectivity index (χ1n) is 3.35. The fourth-order valence-corrected chi connectivity index (χ4v) is 1.19. The van der Waals surface area contributed by atoms with Crippen LogP contribution in [0.2, 0.25) is 0 Å². The van der Waals surface area contributed by atoms with Crippen LogP contribution in [0.4, 0.5) is 4.79 Å². The van der Waals surface area contributed by atoms with Crippen molar-refractivity contribution in [2.24, 2.45) is 0 Å². The number of carboxylic acid groups (broad SMARTS) is 1. The molecule has 1 amide bonds. The minimum Gasteiger partial charge on any atom is -0.464 e. The van der Waals surface area contributed by atoms with E-state index in [1.807, 2.05) is 13.8 Å². The van der Waals surface area contributed by atoms with Gasteiger partial charge in [-0.25, -0.2) is 4.79 Å². The molecule has 0 rings (SSSR count). The first-order chi connectivity index (χ1) is 4.70. The van der Waals surface area contributed by atoms with E-state index in [-0.39, 0.29) is 0 Å². The zero-order chi connectivity index (χ0) is 7.98. The van der Waals surface area contributed by atoms with Crippen LogP contribution in [0.1, 0.15) is 26.7 Å². The Labute approximate surface area is 65.3 Å². The molecule has 0 aliphatic rings. The molecule has 3 nitrogen and oxygen atoms in total. The van der Waals surface area contributed by atoms with Crippen molar-refractivity contribution < 1.29 is 9.90 Å². The van der Waals surface area contributed by atoms with Gasteiger partial charge >= 0.3 is 6.09 Å². The third-order valence-corrected chi connectivity index (χ3v) is 2.52. The van der Waals surface area contributed by atoms with Gasteiger partial charge in [-0.1, -0.05) is 13.8 Å². The quantitative estimate of drug-likeness (QED) is 0.624. The van der Waals surface area contributed by atoms with Crippen LogP contribution in [0.3, 0.4) is 0 Å². The summed E-state index contributed by atoms with van der Waals surface area (Å²) in [7, 11) is 0. The molecule has 0 atom stereocenters. The smallest absolute Gasteiger partial charge is 0.414 e. The summed E-state index contributed by atoms with van der Waals surface area (Å²) in [5, 5.41) is 8.63. The van der Waals surface area contributed by atoms with E-state index in [0.29, 0.717) is 5.25 Å². The maximum Gasteiger partial charge on any atom is 0.414 e. The molecule has 2 N–H and O–H groups in total. The summed E-state index contributed by atoms with van der Waals surface area (Å²) in [5.41, 5.74) is 0. The molecule has 0 aliphatic carbocycles. The van der Waals surface area contributed by atoms with Gasteiger partial charge in [-0.05, 0) is 24.8 Å². The third-order valence-electron chi connectivity index (χ3n) is 1.22. The predicted molar refractivity (Wildman–Crippen MR) is 43.1 cm³/mol. The largest absolute Gasteiger partial charge is 0.464 e. The molecule has 0 saturated carbocycles. The lowest BCUT2D eigenvalue weighted by Crippen LogP contribution is -2.16. The summed E-state index contributed by atoms with van der Waals surface area (Å²) in [4.78, 5) is 10.0. The van der Waals surface area contributed by atoms with Crippen molar-refractivity contribution in [3.63, 3.8) is 0 Å². The Morgan fingerprint density at radius 1 is 1.60 bits per heavy atom. The number of hydrogen-bond donors (Lipinski definition) is 2. The Morgan fingerprint density at radius 3 is 2.40 bits per heavy atom. The highest BCUT2D eigenvalue weighted by molar-refractivity contribution is 7.98. The number of rotatable bonds is 4. The highest BCUT2D eigenvalue weighted by Crippen LogP contribution is 2.13. The predicted octanol–water partition coefficient (Wildman–Crippen LogP) is 2.09. The van der Waals surface area contributed by atoms with E-state index in [2.05, 4.69) is 4.72 Å². The Bertz CT molecular complexity index is 104. The molecular formula is C6H13NO2S. The maximum atomic E-state index is 10.0. The molecule has 0 spiro atoms. The second-order valence-corrected chi connectivity index (χ2v) is 3.07.